The molecular weight excluding hydrogens is 218 g/mol. The lowest BCUT2D eigenvalue weighted by Crippen LogP contribution is -2.10. The molecule has 1 atom stereocenters. The number of nitrogens with two attached hydrogens (primary N) is 1. The highest BCUT2D eigenvalue weighted by molar-refractivity contribution is 5.85. The van der Waals surface area contributed by atoms with Crippen molar-refractivity contribution < 1.29 is 15.3 Å². The Balaban J connectivity index is 0.00000196. The third kappa shape index (κ3) is 3.95. The molecule has 0 fully saturated rings. The van der Waals surface area contributed by atoms with E-state index in [1.807, 2.05) is 0 Å². The van der Waals surface area contributed by atoms with Gasteiger partial charge in [-0.25, -0.2) is 0 Å². The van der Waals surface area contributed by atoms with Gasteiger partial charge in [0.05, 0.1) is 0 Å². The lowest BCUT2D eigenvalue weighted by Gasteiger charge is -2.12. The number of aliphatic hydroxyl groups is 1. The second-order valence-corrected chi connectivity index (χ2v) is 3.22. The average molecular weight is 234 g/mol. The molecule has 0 heterocycles. The molecule has 0 amide bonds. The van der Waals surface area contributed by atoms with Gasteiger partial charge >= 0.3 is 0 Å². The van der Waals surface area contributed by atoms with Gasteiger partial charge in [-0.05, 0) is 18.9 Å². The lowest BCUT2D eigenvalue weighted by molar-refractivity contribution is 0.279. The molecule has 5 heteroatoms. The summed E-state index contributed by atoms with van der Waals surface area (Å²) in [6.45, 7) is 0.0898. The van der Waals surface area contributed by atoms with E-state index in [4.69, 9.17) is 15.9 Å². The van der Waals surface area contributed by atoms with Crippen molar-refractivity contribution in [2.75, 3.05) is 6.61 Å². The highest BCUT2D eigenvalue weighted by Gasteiger charge is 2.10. The largest absolute Gasteiger partial charge is 0.508 e. The summed E-state index contributed by atoms with van der Waals surface area (Å²) in [5.74, 6) is 0.0102. The van der Waals surface area contributed by atoms with E-state index in [1.54, 1.807) is 6.07 Å². The van der Waals surface area contributed by atoms with Crippen molar-refractivity contribution in [2.24, 2.45) is 5.73 Å². The van der Waals surface area contributed by atoms with E-state index >= 15 is 0 Å². The van der Waals surface area contributed by atoms with Crippen LogP contribution in [0.1, 0.15) is 24.4 Å². The Kier molecular flexibility index (Phi) is 6.08. The van der Waals surface area contributed by atoms with E-state index in [-0.39, 0.29) is 36.6 Å². The molecule has 1 aromatic rings. The predicted octanol–water partition coefficient (Wildman–Crippen LogP) is 1.29. The molecular formula is C10H16ClNO3. The highest BCUT2D eigenvalue weighted by atomic mass is 35.5. The van der Waals surface area contributed by atoms with Crippen molar-refractivity contribution in [2.45, 2.75) is 18.9 Å². The topological polar surface area (TPSA) is 86.7 Å². The molecule has 4 nitrogen and oxygen atoms in total. The van der Waals surface area contributed by atoms with Crippen LogP contribution < -0.4 is 5.73 Å². The minimum absolute atomic E-state index is 0. The van der Waals surface area contributed by atoms with Crippen molar-refractivity contribution in [3.8, 4) is 11.5 Å². The van der Waals surface area contributed by atoms with E-state index < -0.39 is 0 Å². The third-order valence-corrected chi connectivity index (χ3v) is 2.09. The number of aromatic hydroxyl groups is 2. The van der Waals surface area contributed by atoms with Crippen LogP contribution in [0.2, 0.25) is 0 Å². The predicted molar refractivity (Wildman–Crippen MR) is 60.3 cm³/mol. The Hall–Kier alpha value is -0.970. The molecule has 1 aromatic carbocycles. The second kappa shape index (κ2) is 6.50. The van der Waals surface area contributed by atoms with Gasteiger partial charge in [0.2, 0.25) is 0 Å². The van der Waals surface area contributed by atoms with E-state index in [9.17, 15) is 5.11 Å². The van der Waals surface area contributed by atoms with Crippen molar-refractivity contribution in [3.63, 3.8) is 0 Å². The summed E-state index contributed by atoms with van der Waals surface area (Å²) in [5, 5.41) is 27.1. The third-order valence-electron chi connectivity index (χ3n) is 2.09. The molecule has 1 rings (SSSR count). The molecule has 86 valence electrons. The molecule has 0 aliphatic rings. The standard InChI is InChI=1S/C10H15NO3.ClH/c11-9(2-1-5-12)8-4-3-7(13)6-10(8)14;/h3-4,6,9,12-14H,1-2,5,11H2;1H/t9-;/m1./s1. The smallest absolute Gasteiger partial charge is 0.124 e. The van der Waals surface area contributed by atoms with E-state index in [0.29, 0.717) is 18.4 Å². The van der Waals surface area contributed by atoms with Crippen LogP contribution in [0.5, 0.6) is 11.5 Å². The molecule has 0 saturated heterocycles. The van der Waals surface area contributed by atoms with Gasteiger partial charge < -0.3 is 21.1 Å². The SMILES string of the molecule is Cl.N[C@H](CCCO)c1ccc(O)cc1O. The van der Waals surface area contributed by atoms with Crippen LogP contribution in [0.25, 0.3) is 0 Å². The number of hydrogen-bond donors (Lipinski definition) is 4. The number of benzene rings is 1. The van der Waals surface area contributed by atoms with Crippen molar-refractivity contribution in [1.82, 2.24) is 0 Å². The van der Waals surface area contributed by atoms with Crippen LogP contribution in [-0.2, 0) is 0 Å². The maximum atomic E-state index is 9.46. The first-order valence-electron chi connectivity index (χ1n) is 4.53. The zero-order chi connectivity index (χ0) is 10.6. The summed E-state index contributed by atoms with van der Waals surface area (Å²) in [6, 6.07) is 4.03. The molecule has 0 spiro atoms. The average Bonchev–Trinajstić information content (AvgIpc) is 2.14. The molecule has 0 aliphatic heterocycles. The zero-order valence-corrected chi connectivity index (χ0v) is 9.07. The van der Waals surface area contributed by atoms with Crippen molar-refractivity contribution in [1.29, 1.82) is 0 Å². The van der Waals surface area contributed by atoms with Crippen LogP contribution in [0.4, 0.5) is 0 Å². The minimum atomic E-state index is -0.303. The number of halogens is 1. The Labute approximate surface area is 94.8 Å². The summed E-state index contributed by atoms with van der Waals surface area (Å²) in [4.78, 5) is 0. The second-order valence-electron chi connectivity index (χ2n) is 3.22. The summed E-state index contributed by atoms with van der Waals surface area (Å²) in [5.41, 5.74) is 6.37. The number of phenols is 2. The van der Waals surface area contributed by atoms with Crippen LogP contribution in [0.15, 0.2) is 18.2 Å². The Morgan fingerprint density at radius 3 is 2.47 bits per heavy atom. The van der Waals surface area contributed by atoms with E-state index in [2.05, 4.69) is 0 Å². The van der Waals surface area contributed by atoms with Gasteiger partial charge in [0.15, 0.2) is 0 Å². The molecule has 0 unspecified atom stereocenters. The Morgan fingerprint density at radius 1 is 1.27 bits per heavy atom. The molecule has 15 heavy (non-hydrogen) atoms. The lowest BCUT2D eigenvalue weighted by atomic mass is 10.0. The van der Waals surface area contributed by atoms with Crippen molar-refractivity contribution in [3.05, 3.63) is 23.8 Å². The van der Waals surface area contributed by atoms with Gasteiger partial charge in [0, 0.05) is 24.3 Å². The summed E-state index contributed by atoms with van der Waals surface area (Å²) < 4.78 is 0. The monoisotopic (exact) mass is 233 g/mol. The first kappa shape index (κ1) is 14.0. The number of hydrogen-bond acceptors (Lipinski definition) is 4. The van der Waals surface area contributed by atoms with Gasteiger partial charge in [-0.15, -0.1) is 12.4 Å². The van der Waals surface area contributed by atoms with Crippen LogP contribution in [-0.4, -0.2) is 21.9 Å². The maximum absolute atomic E-state index is 9.46. The quantitative estimate of drug-likeness (QED) is 0.631. The number of aliphatic hydroxyl groups excluding tert-OH is 1. The molecule has 0 aromatic heterocycles. The highest BCUT2D eigenvalue weighted by Crippen LogP contribution is 2.28. The Bertz CT molecular complexity index is 307. The van der Waals surface area contributed by atoms with Gasteiger partial charge in [-0.1, -0.05) is 6.07 Å². The van der Waals surface area contributed by atoms with Gasteiger partial charge in [0.1, 0.15) is 11.5 Å². The summed E-state index contributed by atoms with van der Waals surface area (Å²) >= 11 is 0. The van der Waals surface area contributed by atoms with Gasteiger partial charge in [-0.3, -0.25) is 0 Å². The molecule has 0 bridgehead atoms. The first-order chi connectivity index (χ1) is 6.65. The molecule has 5 N–H and O–H groups in total. The minimum Gasteiger partial charge on any atom is -0.508 e. The first-order valence-corrected chi connectivity index (χ1v) is 4.53. The molecule has 0 saturated carbocycles. The van der Waals surface area contributed by atoms with E-state index in [0.717, 1.165) is 0 Å². The summed E-state index contributed by atoms with van der Waals surface area (Å²) in [6.07, 6.45) is 1.20. The number of rotatable bonds is 4. The van der Waals surface area contributed by atoms with Crippen LogP contribution in [0, 0.1) is 0 Å². The Morgan fingerprint density at radius 2 is 1.93 bits per heavy atom. The fourth-order valence-corrected chi connectivity index (χ4v) is 1.31. The zero-order valence-electron chi connectivity index (χ0n) is 8.26. The van der Waals surface area contributed by atoms with E-state index in [1.165, 1.54) is 12.1 Å². The van der Waals surface area contributed by atoms with Gasteiger partial charge in [-0.2, -0.15) is 0 Å². The van der Waals surface area contributed by atoms with Crippen molar-refractivity contribution >= 4 is 12.4 Å². The molecule has 0 radical (unpaired) electrons. The normalized spacial score (nSPS) is 11.9. The maximum Gasteiger partial charge on any atom is 0.124 e. The van der Waals surface area contributed by atoms with Crippen LogP contribution >= 0.6 is 12.4 Å². The summed E-state index contributed by atoms with van der Waals surface area (Å²) in [7, 11) is 0. The molecule has 0 aliphatic carbocycles. The van der Waals surface area contributed by atoms with Gasteiger partial charge in [0.25, 0.3) is 0 Å². The number of phenolic OH excluding ortho intramolecular Hbond substituents is 2. The fourth-order valence-electron chi connectivity index (χ4n) is 1.31. The fraction of sp³-hybridized carbons (Fsp3) is 0.400. The van der Waals surface area contributed by atoms with Crippen LogP contribution in [0.3, 0.4) is 0 Å².